The van der Waals surface area contributed by atoms with Crippen molar-refractivity contribution in [2.45, 2.75) is 39.2 Å². The van der Waals surface area contributed by atoms with Gasteiger partial charge in [0.1, 0.15) is 0 Å². The fraction of sp³-hybridized carbons (Fsp3) is 0.182. The molecule has 0 radical (unpaired) electrons. The molecule has 202 valence electrons. The monoisotopic (exact) mass is 706 g/mol. The first-order valence-corrected chi connectivity index (χ1v) is 14.8. The van der Waals surface area contributed by atoms with Crippen LogP contribution in [0.1, 0.15) is 30.7 Å². The van der Waals surface area contributed by atoms with Crippen LogP contribution in [0.25, 0.3) is 49.9 Å². The van der Waals surface area contributed by atoms with Crippen molar-refractivity contribution in [3.63, 3.8) is 0 Å². The van der Waals surface area contributed by atoms with Gasteiger partial charge >= 0.3 is 243 Å². The Labute approximate surface area is 242 Å². The van der Waals surface area contributed by atoms with Gasteiger partial charge in [-0.3, -0.25) is 0 Å². The van der Waals surface area contributed by atoms with Gasteiger partial charge in [0.15, 0.2) is 0 Å². The van der Waals surface area contributed by atoms with Gasteiger partial charge in [0.25, 0.3) is 0 Å². The number of H-pyrrole nitrogens is 1. The third-order valence-corrected chi connectivity index (χ3v) is 8.65. The minimum absolute atomic E-state index is 0.905. The standard InChI is InChI=1S/C33H29N5O.Pt/c1-23-19-25(36-35-23)11-4-3-9-18-37-22-38(26-12-5-2-6-13-26)33-30(37)20-24(21-34-33)27-15-10-16-29-28-14-7-8-17-31(28)39-32(27)29;/h2,5-8,10,12-17,19-21H,3-4,9,11,18H2,1H3,(H,35,36);. The molecule has 6 nitrogen and oxygen atoms in total. The zero-order chi connectivity index (χ0) is 27.1. The SMILES string of the molecule is Cc1cc(CCCCCn2[c](=[Pt])n(-c3ccccc3)c3ncc(-c4cccc5c4oc4ccccc45)cc32)n[nH]1. The van der Waals surface area contributed by atoms with Crippen LogP contribution < -0.4 is 0 Å². The van der Waals surface area contributed by atoms with Crippen LogP contribution in [-0.2, 0) is 32.3 Å². The summed E-state index contributed by atoms with van der Waals surface area (Å²) in [5, 5.41) is 9.70. The second kappa shape index (κ2) is 10.5. The minimum atomic E-state index is 0.905. The Bertz CT molecular complexity index is 2030. The van der Waals surface area contributed by atoms with E-state index in [-0.39, 0.29) is 0 Å². The molecule has 0 aliphatic carbocycles. The van der Waals surface area contributed by atoms with Crippen LogP contribution in [0, 0.1) is 10.7 Å². The number of benzene rings is 3. The van der Waals surface area contributed by atoms with E-state index in [0.717, 1.165) is 97.3 Å². The molecule has 7 rings (SSSR count). The van der Waals surface area contributed by atoms with Gasteiger partial charge in [-0.1, -0.05) is 0 Å². The fourth-order valence-electron chi connectivity index (χ4n) is 5.59. The van der Waals surface area contributed by atoms with Crippen molar-refractivity contribution >= 4 is 33.1 Å². The van der Waals surface area contributed by atoms with Crippen LogP contribution in [0.3, 0.4) is 0 Å². The molecule has 0 bridgehead atoms. The predicted octanol–water partition coefficient (Wildman–Crippen LogP) is 7.92. The summed E-state index contributed by atoms with van der Waals surface area (Å²) in [6.07, 6.45) is 6.33. The van der Waals surface area contributed by atoms with E-state index in [1.54, 1.807) is 0 Å². The number of aromatic nitrogens is 5. The van der Waals surface area contributed by atoms with Gasteiger partial charge in [-0.25, -0.2) is 0 Å². The molecule has 0 aliphatic rings. The maximum atomic E-state index is 6.36. The van der Waals surface area contributed by atoms with Crippen LogP contribution in [0.5, 0.6) is 0 Å². The number of pyridine rings is 1. The number of nitrogens with zero attached hydrogens (tertiary/aromatic N) is 4. The molecule has 4 heterocycles. The molecule has 1 N–H and O–H groups in total. The molecule has 3 aromatic carbocycles. The maximum absolute atomic E-state index is 6.36. The first kappa shape index (κ1) is 25.0. The molecule has 7 aromatic rings. The van der Waals surface area contributed by atoms with E-state index in [1.807, 2.05) is 18.3 Å². The average molecular weight is 707 g/mol. The van der Waals surface area contributed by atoms with Crippen LogP contribution >= 0.6 is 0 Å². The molecule has 0 spiro atoms. The van der Waals surface area contributed by atoms with Gasteiger partial charge < -0.3 is 0 Å². The molecule has 7 heteroatoms. The first-order chi connectivity index (χ1) is 19.7. The van der Waals surface area contributed by atoms with Crippen molar-refractivity contribution in [1.82, 2.24) is 24.3 Å². The molecule has 0 aliphatic heterocycles. The number of unbranched alkanes of at least 4 members (excludes halogenated alkanes) is 2. The van der Waals surface area contributed by atoms with Crippen LogP contribution in [0.2, 0.25) is 0 Å². The molecular weight excluding hydrogens is 677 g/mol. The summed E-state index contributed by atoms with van der Waals surface area (Å²) in [4.78, 5) is 5.05. The quantitative estimate of drug-likeness (QED) is 0.164. The Balaban J connectivity index is 1.28. The molecular formula is C33H29N5OPt. The number of nitrogens with one attached hydrogen (secondary N) is 1. The Kier molecular flexibility index (Phi) is 6.57. The van der Waals surface area contributed by atoms with Crippen LogP contribution in [-0.4, -0.2) is 24.3 Å². The second-order valence-electron chi connectivity index (χ2n) is 10.3. The molecule has 0 unspecified atom stereocenters. The molecule has 40 heavy (non-hydrogen) atoms. The number of rotatable bonds is 8. The Hall–Kier alpha value is -4.02. The Morgan fingerprint density at radius 2 is 1.70 bits per heavy atom. The molecule has 0 amide bonds. The molecule has 0 saturated carbocycles. The van der Waals surface area contributed by atoms with E-state index in [9.17, 15) is 0 Å². The first-order valence-electron chi connectivity index (χ1n) is 13.7. The zero-order valence-corrected chi connectivity index (χ0v) is 24.5. The zero-order valence-electron chi connectivity index (χ0n) is 22.2. The van der Waals surface area contributed by atoms with Crippen molar-refractivity contribution in [1.29, 1.82) is 0 Å². The molecule has 4 aromatic heterocycles. The number of hydrogen-bond donors (Lipinski definition) is 1. The van der Waals surface area contributed by atoms with Crippen molar-refractivity contribution < 1.29 is 23.8 Å². The van der Waals surface area contributed by atoms with Gasteiger partial charge in [0.2, 0.25) is 0 Å². The number of furan rings is 1. The van der Waals surface area contributed by atoms with Gasteiger partial charge in [-0.2, -0.15) is 0 Å². The Morgan fingerprint density at radius 3 is 2.55 bits per heavy atom. The molecule has 0 saturated heterocycles. The van der Waals surface area contributed by atoms with Crippen LogP contribution in [0.4, 0.5) is 0 Å². The fourth-order valence-corrected chi connectivity index (χ4v) is 6.65. The summed E-state index contributed by atoms with van der Waals surface area (Å²) in [5.41, 5.74) is 9.40. The molecule has 0 atom stereocenters. The number of para-hydroxylation sites is 3. The summed E-state index contributed by atoms with van der Waals surface area (Å²) in [5.74, 6) is 0. The van der Waals surface area contributed by atoms with Crippen molar-refractivity contribution in [3.05, 3.63) is 106 Å². The second-order valence-corrected chi connectivity index (χ2v) is 11.3. The van der Waals surface area contributed by atoms with Gasteiger partial charge in [0, 0.05) is 0 Å². The number of hydrogen-bond acceptors (Lipinski definition) is 3. The van der Waals surface area contributed by atoms with Gasteiger partial charge in [-0.05, 0) is 0 Å². The normalized spacial score (nSPS) is 11.8. The van der Waals surface area contributed by atoms with Gasteiger partial charge in [-0.15, -0.1) is 0 Å². The van der Waals surface area contributed by atoms with Crippen LogP contribution in [0.15, 0.2) is 95.5 Å². The number of fused-ring (bicyclic) bond motifs is 4. The number of imidazole rings is 1. The predicted molar refractivity (Wildman–Crippen MR) is 156 cm³/mol. The molecule has 0 fully saturated rings. The number of aromatic amines is 1. The van der Waals surface area contributed by atoms with Crippen molar-refractivity contribution in [2.24, 2.45) is 0 Å². The average Bonchev–Trinajstić information content (AvgIpc) is 3.66. The van der Waals surface area contributed by atoms with E-state index in [2.05, 4.69) is 118 Å². The summed E-state index contributed by atoms with van der Waals surface area (Å²) in [6.45, 7) is 2.98. The van der Waals surface area contributed by atoms with E-state index in [0.29, 0.717) is 0 Å². The van der Waals surface area contributed by atoms with E-state index in [1.165, 1.54) is 0 Å². The summed E-state index contributed by atoms with van der Waals surface area (Å²) < 4.78 is 12.2. The third-order valence-electron chi connectivity index (χ3n) is 7.53. The third kappa shape index (κ3) is 4.46. The summed E-state index contributed by atoms with van der Waals surface area (Å²) >= 11 is 2.45. The van der Waals surface area contributed by atoms with Crippen molar-refractivity contribution in [2.75, 3.05) is 0 Å². The van der Waals surface area contributed by atoms with Crippen molar-refractivity contribution in [3.8, 4) is 16.8 Å². The topological polar surface area (TPSA) is 64.6 Å². The Morgan fingerprint density at radius 1 is 0.875 bits per heavy atom. The summed E-state index contributed by atoms with van der Waals surface area (Å²) in [6, 6.07) is 29.5. The van der Waals surface area contributed by atoms with Gasteiger partial charge in [0.05, 0.1) is 0 Å². The summed E-state index contributed by atoms with van der Waals surface area (Å²) in [7, 11) is 0. The van der Waals surface area contributed by atoms with E-state index >= 15 is 0 Å². The number of aryl methyl sites for hydroxylation is 3. The van der Waals surface area contributed by atoms with E-state index < -0.39 is 0 Å². The van der Waals surface area contributed by atoms with E-state index in [4.69, 9.17) is 9.40 Å².